The number of hydrogen-bond donors (Lipinski definition) is 1. The highest BCUT2D eigenvalue weighted by Gasteiger charge is 2.17. The van der Waals surface area contributed by atoms with Crippen LogP contribution in [0.3, 0.4) is 0 Å². The second-order valence-corrected chi connectivity index (χ2v) is 6.28. The Balaban J connectivity index is 1.73. The van der Waals surface area contributed by atoms with E-state index < -0.39 is 0 Å². The number of halogens is 2. The molecule has 0 saturated carbocycles. The zero-order chi connectivity index (χ0) is 18.5. The van der Waals surface area contributed by atoms with Crippen molar-refractivity contribution in [3.8, 4) is 5.69 Å². The smallest absolute Gasteiger partial charge is 0.254 e. The summed E-state index contributed by atoms with van der Waals surface area (Å²) in [4.78, 5) is 12.5. The van der Waals surface area contributed by atoms with Crippen molar-refractivity contribution in [1.82, 2.24) is 15.1 Å². The van der Waals surface area contributed by atoms with E-state index in [2.05, 4.69) is 10.4 Å². The summed E-state index contributed by atoms with van der Waals surface area (Å²) in [5.74, 6) is -0.476. The second kappa shape index (κ2) is 8.15. The van der Waals surface area contributed by atoms with Gasteiger partial charge in [-0.3, -0.25) is 4.79 Å². The molecule has 134 valence electrons. The van der Waals surface area contributed by atoms with Crippen molar-refractivity contribution in [2.75, 3.05) is 6.54 Å². The third-order valence-electron chi connectivity index (χ3n) is 4.14. The van der Waals surface area contributed by atoms with Crippen LogP contribution < -0.4 is 5.32 Å². The average Bonchev–Trinajstić information content (AvgIpc) is 3.07. The van der Waals surface area contributed by atoms with Crippen LogP contribution in [-0.4, -0.2) is 22.2 Å². The summed E-state index contributed by atoms with van der Waals surface area (Å²) in [6.07, 6.45) is 2.63. The first-order valence-electron chi connectivity index (χ1n) is 8.44. The van der Waals surface area contributed by atoms with E-state index in [4.69, 9.17) is 11.6 Å². The van der Waals surface area contributed by atoms with Crippen molar-refractivity contribution >= 4 is 17.5 Å². The number of amides is 1. The summed E-state index contributed by atoms with van der Waals surface area (Å²) in [5, 5.41) is 7.78. The maximum atomic E-state index is 13.6. The van der Waals surface area contributed by atoms with E-state index in [0.29, 0.717) is 35.5 Å². The number of benzene rings is 2. The number of carbonyl (C=O) groups is 1. The zero-order valence-corrected chi connectivity index (χ0v) is 15.1. The SMILES string of the molecule is CCc1c(C(=O)NCCc2ccccc2F)cnn1-c1cccc(Cl)c1. The summed E-state index contributed by atoms with van der Waals surface area (Å²) in [6, 6.07) is 13.9. The van der Waals surface area contributed by atoms with Gasteiger partial charge in [-0.1, -0.05) is 42.8 Å². The fourth-order valence-electron chi connectivity index (χ4n) is 2.84. The molecule has 1 amide bonds. The lowest BCUT2D eigenvalue weighted by Crippen LogP contribution is -2.26. The minimum Gasteiger partial charge on any atom is -0.352 e. The van der Waals surface area contributed by atoms with Crippen LogP contribution in [0.2, 0.25) is 5.02 Å². The Morgan fingerprint density at radius 2 is 2.04 bits per heavy atom. The van der Waals surface area contributed by atoms with Gasteiger partial charge in [-0.15, -0.1) is 0 Å². The molecule has 1 N–H and O–H groups in total. The van der Waals surface area contributed by atoms with Crippen LogP contribution in [-0.2, 0) is 12.8 Å². The molecule has 1 aromatic heterocycles. The first-order valence-corrected chi connectivity index (χ1v) is 8.82. The van der Waals surface area contributed by atoms with Gasteiger partial charge >= 0.3 is 0 Å². The molecule has 6 heteroatoms. The molecule has 0 aliphatic heterocycles. The van der Waals surface area contributed by atoms with Crippen LogP contribution in [0, 0.1) is 5.82 Å². The van der Waals surface area contributed by atoms with E-state index in [1.54, 1.807) is 41.2 Å². The van der Waals surface area contributed by atoms with Crippen LogP contribution in [0.1, 0.15) is 28.5 Å². The largest absolute Gasteiger partial charge is 0.352 e. The summed E-state index contributed by atoms with van der Waals surface area (Å²) in [5.41, 5.74) is 2.70. The minimum absolute atomic E-state index is 0.216. The van der Waals surface area contributed by atoms with Gasteiger partial charge in [-0.2, -0.15) is 5.10 Å². The fraction of sp³-hybridized carbons (Fsp3) is 0.200. The molecule has 0 saturated heterocycles. The molecular weight excluding hydrogens is 353 g/mol. The van der Waals surface area contributed by atoms with Crippen molar-refractivity contribution in [3.05, 3.63) is 82.4 Å². The Bertz CT molecular complexity index is 923. The quantitative estimate of drug-likeness (QED) is 0.706. The number of hydrogen-bond acceptors (Lipinski definition) is 2. The van der Waals surface area contributed by atoms with E-state index in [1.165, 1.54) is 6.07 Å². The topological polar surface area (TPSA) is 46.9 Å². The molecule has 0 bridgehead atoms. The molecule has 4 nitrogen and oxygen atoms in total. The third kappa shape index (κ3) is 3.94. The molecular formula is C20H19ClFN3O. The molecule has 1 heterocycles. The van der Waals surface area contributed by atoms with Gasteiger partial charge in [0, 0.05) is 11.6 Å². The van der Waals surface area contributed by atoms with Gasteiger partial charge in [0.15, 0.2) is 0 Å². The van der Waals surface area contributed by atoms with Crippen molar-refractivity contribution in [2.24, 2.45) is 0 Å². The van der Waals surface area contributed by atoms with Crippen molar-refractivity contribution in [1.29, 1.82) is 0 Å². The molecule has 2 aromatic carbocycles. The van der Waals surface area contributed by atoms with Crippen molar-refractivity contribution in [3.63, 3.8) is 0 Å². The molecule has 0 fully saturated rings. The lowest BCUT2D eigenvalue weighted by molar-refractivity contribution is 0.0953. The minimum atomic E-state index is -0.259. The summed E-state index contributed by atoms with van der Waals surface area (Å²) < 4.78 is 15.4. The van der Waals surface area contributed by atoms with Gasteiger partial charge < -0.3 is 5.32 Å². The van der Waals surface area contributed by atoms with Gasteiger partial charge in [0.25, 0.3) is 5.91 Å². The first-order chi connectivity index (χ1) is 12.6. The molecule has 0 atom stereocenters. The zero-order valence-electron chi connectivity index (χ0n) is 14.4. The Kier molecular flexibility index (Phi) is 5.68. The summed E-state index contributed by atoms with van der Waals surface area (Å²) >= 11 is 6.05. The normalized spacial score (nSPS) is 10.7. The predicted octanol–water partition coefficient (Wildman–Crippen LogP) is 4.20. The monoisotopic (exact) mass is 371 g/mol. The van der Waals surface area contributed by atoms with Crippen LogP contribution in [0.15, 0.2) is 54.7 Å². The molecule has 0 aliphatic carbocycles. The Morgan fingerprint density at radius 3 is 2.77 bits per heavy atom. The van der Waals surface area contributed by atoms with Crippen molar-refractivity contribution in [2.45, 2.75) is 19.8 Å². The molecule has 3 rings (SSSR count). The van der Waals surface area contributed by atoms with Crippen LogP contribution in [0.5, 0.6) is 0 Å². The van der Waals surface area contributed by atoms with Crippen LogP contribution >= 0.6 is 11.6 Å². The van der Waals surface area contributed by atoms with Gasteiger partial charge in [0.2, 0.25) is 0 Å². The number of aromatic nitrogens is 2. The summed E-state index contributed by atoms with van der Waals surface area (Å²) in [7, 11) is 0. The maximum Gasteiger partial charge on any atom is 0.254 e. The highest BCUT2D eigenvalue weighted by atomic mass is 35.5. The van der Waals surface area contributed by atoms with E-state index >= 15 is 0 Å². The summed E-state index contributed by atoms with van der Waals surface area (Å²) in [6.45, 7) is 2.32. The number of nitrogens with zero attached hydrogens (tertiary/aromatic N) is 2. The molecule has 0 unspecified atom stereocenters. The average molecular weight is 372 g/mol. The number of carbonyl (C=O) groups excluding carboxylic acids is 1. The molecule has 0 spiro atoms. The fourth-order valence-corrected chi connectivity index (χ4v) is 3.03. The Morgan fingerprint density at radius 1 is 1.23 bits per heavy atom. The third-order valence-corrected chi connectivity index (χ3v) is 4.37. The molecule has 0 radical (unpaired) electrons. The second-order valence-electron chi connectivity index (χ2n) is 5.85. The molecule has 26 heavy (non-hydrogen) atoms. The Labute approximate surface area is 156 Å². The van der Waals surface area contributed by atoms with Gasteiger partial charge in [-0.25, -0.2) is 9.07 Å². The van der Waals surface area contributed by atoms with E-state index in [0.717, 1.165) is 11.4 Å². The van der Waals surface area contributed by atoms with Gasteiger partial charge in [0.1, 0.15) is 5.82 Å². The highest BCUT2D eigenvalue weighted by molar-refractivity contribution is 6.30. The first kappa shape index (κ1) is 18.1. The standard InChI is InChI=1S/C20H19ClFN3O/c1-2-19-17(13-24-25(19)16-8-5-7-15(21)12-16)20(26)23-11-10-14-6-3-4-9-18(14)22/h3-9,12-13H,2,10-11H2,1H3,(H,23,26). The molecule has 0 aliphatic rings. The lowest BCUT2D eigenvalue weighted by atomic mass is 10.1. The predicted molar refractivity (Wildman–Crippen MR) is 100 cm³/mol. The van der Waals surface area contributed by atoms with Crippen LogP contribution in [0.4, 0.5) is 4.39 Å². The molecule has 3 aromatic rings. The van der Waals surface area contributed by atoms with Crippen molar-refractivity contribution < 1.29 is 9.18 Å². The van der Waals surface area contributed by atoms with E-state index in [-0.39, 0.29) is 11.7 Å². The number of rotatable bonds is 6. The van der Waals surface area contributed by atoms with Crippen LogP contribution in [0.25, 0.3) is 5.69 Å². The lowest BCUT2D eigenvalue weighted by Gasteiger charge is -2.09. The van der Waals surface area contributed by atoms with Gasteiger partial charge in [0.05, 0.1) is 23.1 Å². The Hall–Kier alpha value is -2.66. The van der Waals surface area contributed by atoms with E-state index in [9.17, 15) is 9.18 Å². The van der Waals surface area contributed by atoms with E-state index in [1.807, 2.05) is 19.1 Å². The highest BCUT2D eigenvalue weighted by Crippen LogP contribution is 2.19. The van der Waals surface area contributed by atoms with Gasteiger partial charge in [-0.05, 0) is 42.7 Å². The maximum absolute atomic E-state index is 13.6. The number of nitrogens with one attached hydrogen (secondary N) is 1.